The molecule has 2 nitrogen and oxygen atoms in total. The average molecular weight is 398 g/mol. The smallest absolute Gasteiger partial charge is 0.256 e. The van der Waals surface area contributed by atoms with Crippen LogP contribution in [0.4, 0.5) is 13.2 Å². The lowest BCUT2D eigenvalue weighted by Crippen LogP contribution is -2.17. The van der Waals surface area contributed by atoms with Crippen LogP contribution in [0.2, 0.25) is 0 Å². The van der Waals surface area contributed by atoms with Gasteiger partial charge in [-0.25, -0.2) is 0 Å². The van der Waals surface area contributed by atoms with Crippen LogP contribution in [-0.4, -0.2) is 9.78 Å². The van der Waals surface area contributed by atoms with Gasteiger partial charge in [0.15, 0.2) is 0 Å². The van der Waals surface area contributed by atoms with Gasteiger partial charge in [-0.3, -0.25) is 4.68 Å². The Morgan fingerprint density at radius 1 is 1.26 bits per heavy atom. The van der Waals surface area contributed by atoms with Crippen molar-refractivity contribution in [1.82, 2.24) is 9.78 Å². The van der Waals surface area contributed by atoms with Gasteiger partial charge in [0.1, 0.15) is 5.69 Å². The Morgan fingerprint density at radius 3 is 2.58 bits per heavy atom. The molecule has 1 heterocycles. The standard InChI is InChI=1S/C12H9Br2F3N2/c13-5-9-6-18-19(11(9)12(15,16)17)7-8-2-1-3-10(14)4-8/h1-4,6H,5,7H2. The summed E-state index contributed by atoms with van der Waals surface area (Å²) in [6, 6.07) is 7.14. The zero-order chi connectivity index (χ0) is 14.0. The first kappa shape index (κ1) is 14.6. The van der Waals surface area contributed by atoms with Crippen molar-refractivity contribution in [2.45, 2.75) is 18.1 Å². The second kappa shape index (κ2) is 5.66. The molecular weight excluding hydrogens is 389 g/mol. The number of alkyl halides is 4. The van der Waals surface area contributed by atoms with Gasteiger partial charge in [0.25, 0.3) is 0 Å². The Hall–Kier alpha value is -0.820. The normalized spacial score (nSPS) is 11.8. The number of hydrogen-bond donors (Lipinski definition) is 0. The van der Waals surface area contributed by atoms with E-state index in [1.54, 1.807) is 18.2 Å². The number of aromatic nitrogens is 2. The molecule has 19 heavy (non-hydrogen) atoms. The zero-order valence-electron chi connectivity index (χ0n) is 9.59. The number of nitrogens with zero attached hydrogens (tertiary/aromatic N) is 2. The molecule has 1 aromatic heterocycles. The van der Waals surface area contributed by atoms with Gasteiger partial charge in [-0.1, -0.05) is 44.0 Å². The summed E-state index contributed by atoms with van der Waals surface area (Å²) in [6.07, 6.45) is -3.17. The van der Waals surface area contributed by atoms with Crippen molar-refractivity contribution in [2.75, 3.05) is 0 Å². The number of rotatable bonds is 3. The van der Waals surface area contributed by atoms with Crippen molar-refractivity contribution in [1.29, 1.82) is 0 Å². The van der Waals surface area contributed by atoms with Gasteiger partial charge in [-0.2, -0.15) is 18.3 Å². The summed E-state index contributed by atoms with van der Waals surface area (Å²) in [6.45, 7) is 0.0846. The summed E-state index contributed by atoms with van der Waals surface area (Å²) in [7, 11) is 0. The van der Waals surface area contributed by atoms with Crippen molar-refractivity contribution in [2.24, 2.45) is 0 Å². The molecule has 0 amide bonds. The Morgan fingerprint density at radius 2 is 2.00 bits per heavy atom. The summed E-state index contributed by atoms with van der Waals surface area (Å²) in [4.78, 5) is 0. The van der Waals surface area contributed by atoms with E-state index < -0.39 is 11.9 Å². The maximum absolute atomic E-state index is 13.0. The largest absolute Gasteiger partial charge is 0.433 e. The molecular formula is C12H9Br2F3N2. The molecule has 0 aliphatic carbocycles. The maximum atomic E-state index is 13.0. The van der Waals surface area contributed by atoms with Crippen LogP contribution in [0.5, 0.6) is 0 Å². The van der Waals surface area contributed by atoms with Crippen LogP contribution in [0.15, 0.2) is 34.9 Å². The van der Waals surface area contributed by atoms with Gasteiger partial charge in [0, 0.05) is 15.4 Å². The quantitative estimate of drug-likeness (QED) is 0.691. The van der Waals surface area contributed by atoms with E-state index >= 15 is 0 Å². The summed E-state index contributed by atoms with van der Waals surface area (Å²) >= 11 is 6.34. The Kier molecular flexibility index (Phi) is 4.35. The van der Waals surface area contributed by atoms with Gasteiger partial charge in [-0.15, -0.1) is 0 Å². The lowest BCUT2D eigenvalue weighted by Gasteiger charge is -2.12. The molecule has 1 aromatic carbocycles. The second-order valence-corrected chi connectivity index (χ2v) is 5.41. The Balaban J connectivity index is 2.38. The molecule has 0 saturated carbocycles. The van der Waals surface area contributed by atoms with Crippen molar-refractivity contribution in [3.63, 3.8) is 0 Å². The van der Waals surface area contributed by atoms with Gasteiger partial charge in [0.2, 0.25) is 0 Å². The van der Waals surface area contributed by atoms with Crippen LogP contribution in [-0.2, 0) is 18.1 Å². The van der Waals surface area contributed by atoms with Crippen LogP contribution < -0.4 is 0 Å². The highest BCUT2D eigenvalue weighted by molar-refractivity contribution is 9.10. The first-order valence-corrected chi connectivity index (χ1v) is 7.25. The van der Waals surface area contributed by atoms with Crippen molar-refractivity contribution >= 4 is 31.9 Å². The minimum atomic E-state index is -4.41. The third-order valence-electron chi connectivity index (χ3n) is 2.55. The fourth-order valence-corrected chi connectivity index (χ4v) is 2.64. The fraction of sp³-hybridized carbons (Fsp3) is 0.250. The Labute approximate surface area is 124 Å². The molecule has 2 rings (SSSR count). The zero-order valence-corrected chi connectivity index (χ0v) is 12.8. The van der Waals surface area contributed by atoms with E-state index in [1.807, 2.05) is 6.07 Å². The minimum absolute atomic E-state index is 0.0846. The average Bonchev–Trinajstić information content (AvgIpc) is 2.71. The van der Waals surface area contributed by atoms with Crippen LogP contribution in [0, 0.1) is 0 Å². The van der Waals surface area contributed by atoms with Crippen molar-refractivity contribution in [3.05, 3.63) is 51.8 Å². The van der Waals surface area contributed by atoms with E-state index in [0.29, 0.717) is 0 Å². The SMILES string of the molecule is FC(F)(F)c1c(CBr)cnn1Cc1cccc(Br)c1. The van der Waals surface area contributed by atoms with E-state index in [4.69, 9.17) is 0 Å². The molecule has 0 fully saturated rings. The highest BCUT2D eigenvalue weighted by Gasteiger charge is 2.37. The highest BCUT2D eigenvalue weighted by atomic mass is 79.9. The molecule has 0 spiro atoms. The van der Waals surface area contributed by atoms with Gasteiger partial charge in [0.05, 0.1) is 12.7 Å². The molecule has 0 saturated heterocycles. The van der Waals surface area contributed by atoms with Gasteiger partial charge < -0.3 is 0 Å². The van der Waals surface area contributed by atoms with Crippen molar-refractivity contribution in [3.8, 4) is 0 Å². The second-order valence-electron chi connectivity index (χ2n) is 3.94. The van der Waals surface area contributed by atoms with Crippen molar-refractivity contribution < 1.29 is 13.2 Å². The number of halogens is 5. The molecule has 0 bridgehead atoms. The minimum Gasteiger partial charge on any atom is -0.256 e. The molecule has 2 aromatic rings. The molecule has 0 radical (unpaired) electrons. The van der Waals surface area contributed by atoms with Gasteiger partial charge >= 0.3 is 6.18 Å². The molecule has 0 atom stereocenters. The van der Waals surface area contributed by atoms with E-state index in [-0.39, 0.29) is 17.4 Å². The lowest BCUT2D eigenvalue weighted by atomic mass is 10.2. The highest BCUT2D eigenvalue weighted by Crippen LogP contribution is 2.33. The van der Waals surface area contributed by atoms with E-state index in [2.05, 4.69) is 37.0 Å². The van der Waals surface area contributed by atoms with Crippen LogP contribution in [0.1, 0.15) is 16.8 Å². The fourth-order valence-electron chi connectivity index (χ4n) is 1.78. The molecule has 102 valence electrons. The van der Waals surface area contributed by atoms with E-state index in [1.165, 1.54) is 6.20 Å². The molecule has 7 heteroatoms. The summed E-state index contributed by atoms with van der Waals surface area (Å²) in [5.74, 6) is 0. The first-order valence-electron chi connectivity index (χ1n) is 5.34. The maximum Gasteiger partial charge on any atom is 0.433 e. The predicted octanol–water partition coefficient (Wildman–Crippen LogP) is 4.61. The lowest BCUT2D eigenvalue weighted by molar-refractivity contribution is -0.144. The molecule has 0 unspecified atom stereocenters. The van der Waals surface area contributed by atoms with Crippen LogP contribution in [0.3, 0.4) is 0 Å². The summed E-state index contributed by atoms with van der Waals surface area (Å²) in [5.41, 5.74) is 0.191. The molecule has 0 aliphatic rings. The van der Waals surface area contributed by atoms with Crippen LogP contribution in [0.25, 0.3) is 0 Å². The van der Waals surface area contributed by atoms with E-state index in [9.17, 15) is 13.2 Å². The summed E-state index contributed by atoms with van der Waals surface area (Å²) in [5, 5.41) is 3.96. The molecule has 0 aliphatic heterocycles. The monoisotopic (exact) mass is 396 g/mol. The van der Waals surface area contributed by atoms with Crippen LogP contribution >= 0.6 is 31.9 Å². The van der Waals surface area contributed by atoms with Gasteiger partial charge in [-0.05, 0) is 17.7 Å². The third-order valence-corrected chi connectivity index (χ3v) is 3.65. The molecule has 0 N–H and O–H groups in total. The number of benzene rings is 1. The van der Waals surface area contributed by atoms with E-state index in [0.717, 1.165) is 14.7 Å². The predicted molar refractivity (Wildman–Crippen MR) is 73.1 cm³/mol. The summed E-state index contributed by atoms with van der Waals surface area (Å²) < 4.78 is 40.9. The Bertz CT molecular complexity index is 579. The third kappa shape index (κ3) is 3.39. The first-order chi connectivity index (χ1) is 8.91. The topological polar surface area (TPSA) is 17.8 Å². The number of hydrogen-bond acceptors (Lipinski definition) is 1.